The third-order valence-corrected chi connectivity index (χ3v) is 4.42. The van der Waals surface area contributed by atoms with Crippen LogP contribution in [-0.4, -0.2) is 22.1 Å². The van der Waals surface area contributed by atoms with Gasteiger partial charge in [0.15, 0.2) is 0 Å². The lowest BCUT2D eigenvalue weighted by molar-refractivity contribution is 0.0944. The van der Waals surface area contributed by atoms with Crippen LogP contribution < -0.4 is 5.32 Å². The molecule has 3 rings (SSSR count). The summed E-state index contributed by atoms with van der Waals surface area (Å²) in [6.07, 6.45) is 0.723. The van der Waals surface area contributed by atoms with Crippen molar-refractivity contribution >= 4 is 27.3 Å². The molecule has 0 unspecified atom stereocenters. The molecule has 4 nitrogen and oxygen atoms in total. The van der Waals surface area contributed by atoms with Crippen LogP contribution in [0.4, 0.5) is 0 Å². The molecule has 1 atom stereocenters. The number of benzene rings is 1. The van der Waals surface area contributed by atoms with E-state index in [9.17, 15) is 4.79 Å². The molecule has 0 saturated carbocycles. The van der Waals surface area contributed by atoms with E-state index in [1.165, 1.54) is 11.3 Å². The molecule has 0 radical (unpaired) electrons. The van der Waals surface area contributed by atoms with Gasteiger partial charge in [0.1, 0.15) is 0 Å². The third kappa shape index (κ3) is 3.13. The Kier molecular flexibility index (Phi) is 3.75. The summed E-state index contributed by atoms with van der Waals surface area (Å²) in [5.74, 6) is -0.0176. The Morgan fingerprint density at radius 3 is 2.90 bits per heavy atom. The van der Waals surface area contributed by atoms with Crippen molar-refractivity contribution in [3.63, 3.8) is 0 Å². The maximum Gasteiger partial charge on any atom is 0.261 e. The smallest absolute Gasteiger partial charge is 0.261 e. The van der Waals surface area contributed by atoms with Gasteiger partial charge in [0.2, 0.25) is 0 Å². The number of aromatic amines is 1. The Bertz CT molecular complexity index is 742. The van der Waals surface area contributed by atoms with Gasteiger partial charge in [-0.25, -0.2) is 0 Å². The number of H-pyrrole nitrogens is 1. The van der Waals surface area contributed by atoms with E-state index in [4.69, 9.17) is 0 Å². The Hall–Kier alpha value is -2.14. The van der Waals surface area contributed by atoms with Crippen LogP contribution >= 0.6 is 11.3 Å². The number of rotatable bonds is 4. The first-order chi connectivity index (χ1) is 10.1. The highest BCUT2D eigenvalue weighted by Gasteiger charge is 2.14. The summed E-state index contributed by atoms with van der Waals surface area (Å²) in [6.45, 7) is 3.96. The number of aromatic nitrogens is 2. The average molecular weight is 299 g/mol. The molecule has 0 aliphatic carbocycles. The van der Waals surface area contributed by atoms with Crippen LogP contribution in [0, 0.1) is 6.92 Å². The van der Waals surface area contributed by atoms with Crippen LogP contribution in [0.1, 0.15) is 28.0 Å². The van der Waals surface area contributed by atoms with Gasteiger partial charge in [0.05, 0.1) is 10.6 Å². The number of thiophene rings is 1. The highest BCUT2D eigenvalue weighted by molar-refractivity contribution is 7.20. The first kappa shape index (κ1) is 13.8. The highest BCUT2D eigenvalue weighted by atomic mass is 32.1. The van der Waals surface area contributed by atoms with E-state index < -0.39 is 0 Å². The molecule has 0 aliphatic rings. The predicted molar refractivity (Wildman–Crippen MR) is 85.8 cm³/mol. The first-order valence-electron chi connectivity index (χ1n) is 6.92. The van der Waals surface area contributed by atoms with Crippen LogP contribution in [0.25, 0.3) is 10.1 Å². The number of hydrogen-bond donors (Lipinski definition) is 2. The number of carbonyl (C=O) groups is 1. The Morgan fingerprint density at radius 2 is 2.19 bits per heavy atom. The molecule has 2 heterocycles. The van der Waals surface area contributed by atoms with Crippen LogP contribution in [-0.2, 0) is 6.42 Å². The summed E-state index contributed by atoms with van der Waals surface area (Å²) in [5, 5.41) is 11.3. The van der Waals surface area contributed by atoms with E-state index in [0.717, 1.165) is 32.8 Å². The van der Waals surface area contributed by atoms with Crippen molar-refractivity contribution in [3.8, 4) is 0 Å². The van der Waals surface area contributed by atoms with Crippen molar-refractivity contribution in [2.45, 2.75) is 26.3 Å². The Balaban J connectivity index is 1.67. The summed E-state index contributed by atoms with van der Waals surface area (Å²) in [5.41, 5.74) is 2.00. The van der Waals surface area contributed by atoms with Crippen LogP contribution in [0.2, 0.25) is 0 Å². The molecule has 0 spiro atoms. The van der Waals surface area contributed by atoms with Crippen molar-refractivity contribution < 1.29 is 4.79 Å². The lowest BCUT2D eigenvalue weighted by Crippen LogP contribution is -2.33. The van der Waals surface area contributed by atoms with Crippen molar-refractivity contribution in [1.82, 2.24) is 15.5 Å². The number of carbonyl (C=O) groups excluding carboxylic acids is 1. The Morgan fingerprint density at radius 1 is 1.38 bits per heavy atom. The normalized spacial score (nSPS) is 12.5. The second-order valence-corrected chi connectivity index (χ2v) is 6.35. The maximum absolute atomic E-state index is 12.3. The van der Waals surface area contributed by atoms with Crippen LogP contribution in [0.15, 0.2) is 36.4 Å². The molecule has 5 heteroatoms. The highest BCUT2D eigenvalue weighted by Crippen LogP contribution is 2.25. The topological polar surface area (TPSA) is 57.8 Å². The zero-order chi connectivity index (χ0) is 14.8. The number of aryl methyl sites for hydroxylation is 1. The van der Waals surface area contributed by atoms with Gasteiger partial charge in [0.25, 0.3) is 5.91 Å². The summed E-state index contributed by atoms with van der Waals surface area (Å²) >= 11 is 1.52. The van der Waals surface area contributed by atoms with Gasteiger partial charge >= 0.3 is 0 Å². The fourth-order valence-corrected chi connectivity index (χ4v) is 3.30. The number of nitrogens with zero attached hydrogens (tertiary/aromatic N) is 1. The maximum atomic E-state index is 12.3. The van der Waals surface area contributed by atoms with Crippen molar-refractivity contribution in [1.29, 1.82) is 0 Å². The molecule has 3 aromatic rings. The van der Waals surface area contributed by atoms with Crippen molar-refractivity contribution in [2.24, 2.45) is 0 Å². The SMILES string of the molecule is Cc1cc(C[C@H](C)NC(=O)c2cc3ccccc3s2)n[nH]1. The van der Waals surface area contributed by atoms with Gasteiger partial charge in [-0.3, -0.25) is 9.89 Å². The molecule has 2 aromatic heterocycles. The standard InChI is InChI=1S/C16H17N3OS/c1-10(7-13-8-11(2)18-19-13)17-16(20)15-9-12-5-3-4-6-14(12)21-15/h3-6,8-10H,7H2,1-2H3,(H,17,20)(H,18,19)/t10-/m0/s1. The lowest BCUT2D eigenvalue weighted by atomic mass is 10.1. The van der Waals surface area contributed by atoms with E-state index in [2.05, 4.69) is 15.5 Å². The number of hydrogen-bond acceptors (Lipinski definition) is 3. The summed E-state index contributed by atoms with van der Waals surface area (Å²) in [6, 6.07) is 12.0. The summed E-state index contributed by atoms with van der Waals surface area (Å²) in [7, 11) is 0. The molecule has 0 bridgehead atoms. The van der Waals surface area contributed by atoms with Gasteiger partial charge < -0.3 is 5.32 Å². The van der Waals surface area contributed by atoms with Crippen LogP contribution in [0.3, 0.4) is 0 Å². The zero-order valence-electron chi connectivity index (χ0n) is 12.0. The fraction of sp³-hybridized carbons (Fsp3) is 0.250. The summed E-state index contributed by atoms with van der Waals surface area (Å²) < 4.78 is 1.14. The molecular weight excluding hydrogens is 282 g/mol. The Labute approximate surface area is 127 Å². The van der Waals surface area contributed by atoms with Crippen molar-refractivity contribution in [2.75, 3.05) is 0 Å². The number of nitrogens with one attached hydrogen (secondary N) is 2. The molecule has 108 valence electrons. The van der Waals surface area contributed by atoms with E-state index in [1.807, 2.05) is 50.2 Å². The van der Waals surface area contributed by atoms with E-state index in [-0.39, 0.29) is 11.9 Å². The third-order valence-electron chi connectivity index (χ3n) is 3.30. The molecule has 1 amide bonds. The van der Waals surface area contributed by atoms with Crippen molar-refractivity contribution in [3.05, 3.63) is 52.7 Å². The molecule has 0 aliphatic heterocycles. The van der Waals surface area contributed by atoms with E-state index in [1.54, 1.807) is 0 Å². The second-order valence-electron chi connectivity index (χ2n) is 5.27. The fourth-order valence-electron chi connectivity index (χ4n) is 2.33. The monoisotopic (exact) mass is 299 g/mol. The molecule has 0 saturated heterocycles. The minimum atomic E-state index is -0.0176. The van der Waals surface area contributed by atoms with Gasteiger partial charge in [0, 0.05) is 22.9 Å². The van der Waals surface area contributed by atoms with E-state index >= 15 is 0 Å². The minimum Gasteiger partial charge on any atom is -0.348 e. The van der Waals surface area contributed by atoms with Crippen LogP contribution in [0.5, 0.6) is 0 Å². The van der Waals surface area contributed by atoms with Gasteiger partial charge in [-0.2, -0.15) is 5.10 Å². The predicted octanol–water partition coefficient (Wildman–Crippen LogP) is 3.29. The van der Waals surface area contributed by atoms with Gasteiger partial charge in [-0.15, -0.1) is 11.3 Å². The molecule has 0 fully saturated rings. The largest absolute Gasteiger partial charge is 0.348 e. The first-order valence-corrected chi connectivity index (χ1v) is 7.74. The molecule has 1 aromatic carbocycles. The summed E-state index contributed by atoms with van der Waals surface area (Å²) in [4.78, 5) is 13.0. The second kappa shape index (κ2) is 5.69. The zero-order valence-corrected chi connectivity index (χ0v) is 12.8. The number of fused-ring (bicyclic) bond motifs is 1. The van der Waals surface area contributed by atoms with E-state index in [0.29, 0.717) is 0 Å². The number of amides is 1. The lowest BCUT2D eigenvalue weighted by Gasteiger charge is -2.11. The molecular formula is C16H17N3OS. The quantitative estimate of drug-likeness (QED) is 0.776. The minimum absolute atomic E-state index is 0.0176. The molecule has 2 N–H and O–H groups in total. The van der Waals surface area contributed by atoms with Gasteiger partial charge in [-0.1, -0.05) is 18.2 Å². The van der Waals surface area contributed by atoms with Gasteiger partial charge in [-0.05, 0) is 37.4 Å². The molecule has 21 heavy (non-hydrogen) atoms. The average Bonchev–Trinajstić information content (AvgIpc) is 3.04.